The lowest BCUT2D eigenvalue weighted by Crippen LogP contribution is -2.18. The van der Waals surface area contributed by atoms with Gasteiger partial charge in [-0.2, -0.15) is 13.5 Å². The minimum Gasteiger partial charge on any atom is -0.200 e. The van der Waals surface area contributed by atoms with Gasteiger partial charge in [-0.25, -0.2) is 4.83 Å². The maximum absolute atomic E-state index is 11.9. The summed E-state index contributed by atoms with van der Waals surface area (Å²) in [5.74, 6) is 0. The van der Waals surface area contributed by atoms with Crippen molar-refractivity contribution in [3.05, 3.63) is 64.1 Å². The number of hydrogen-bond donors (Lipinski definition) is 1. The van der Waals surface area contributed by atoms with Gasteiger partial charge in [0, 0.05) is 5.56 Å². The van der Waals surface area contributed by atoms with Gasteiger partial charge in [0.15, 0.2) is 0 Å². The van der Waals surface area contributed by atoms with Gasteiger partial charge >= 0.3 is 0 Å². The molecule has 20 heavy (non-hydrogen) atoms. The summed E-state index contributed by atoms with van der Waals surface area (Å²) < 4.78 is 23.8. The fourth-order valence-corrected chi connectivity index (χ4v) is 2.61. The van der Waals surface area contributed by atoms with Crippen molar-refractivity contribution in [2.75, 3.05) is 0 Å². The van der Waals surface area contributed by atoms with Crippen LogP contribution in [0.2, 0.25) is 10.0 Å². The van der Waals surface area contributed by atoms with E-state index in [2.05, 4.69) is 9.93 Å². The first-order valence-corrected chi connectivity index (χ1v) is 7.78. The molecule has 0 spiro atoms. The second-order valence-corrected chi connectivity index (χ2v) is 6.26. The van der Waals surface area contributed by atoms with Crippen molar-refractivity contribution >= 4 is 39.4 Å². The minimum absolute atomic E-state index is 0.134. The number of rotatable bonds is 4. The monoisotopic (exact) mass is 328 g/mol. The molecular formula is C13H10Cl2N2O2S. The average Bonchev–Trinajstić information content (AvgIpc) is 2.44. The Bertz CT molecular complexity index is 731. The van der Waals surface area contributed by atoms with Gasteiger partial charge in [-0.15, -0.1) is 0 Å². The predicted molar refractivity (Wildman–Crippen MR) is 80.8 cm³/mol. The highest BCUT2D eigenvalue weighted by Gasteiger charge is 2.11. The van der Waals surface area contributed by atoms with Crippen molar-refractivity contribution in [3.8, 4) is 0 Å². The summed E-state index contributed by atoms with van der Waals surface area (Å²) in [5, 5.41) is 4.38. The Kier molecular flexibility index (Phi) is 4.65. The molecule has 0 amide bonds. The van der Waals surface area contributed by atoms with Crippen molar-refractivity contribution in [1.82, 2.24) is 4.83 Å². The first-order chi connectivity index (χ1) is 9.50. The van der Waals surface area contributed by atoms with Crippen LogP contribution >= 0.6 is 23.2 Å². The molecular weight excluding hydrogens is 319 g/mol. The van der Waals surface area contributed by atoms with Gasteiger partial charge in [0.25, 0.3) is 10.0 Å². The van der Waals surface area contributed by atoms with E-state index in [-0.39, 0.29) is 4.90 Å². The Morgan fingerprint density at radius 2 is 1.70 bits per heavy atom. The van der Waals surface area contributed by atoms with Crippen LogP contribution in [0.3, 0.4) is 0 Å². The predicted octanol–water partition coefficient (Wildman–Crippen LogP) is 3.31. The topological polar surface area (TPSA) is 58.5 Å². The lowest BCUT2D eigenvalue weighted by molar-refractivity contribution is 0.584. The molecule has 0 heterocycles. The van der Waals surface area contributed by atoms with Crippen LogP contribution in [0.1, 0.15) is 5.56 Å². The molecule has 0 bridgehead atoms. The highest BCUT2D eigenvalue weighted by molar-refractivity contribution is 7.89. The van der Waals surface area contributed by atoms with Gasteiger partial charge in [0.2, 0.25) is 0 Å². The van der Waals surface area contributed by atoms with Gasteiger partial charge in [-0.1, -0.05) is 53.5 Å². The Balaban J connectivity index is 2.16. The third-order valence-corrected chi connectivity index (χ3v) is 4.48. The van der Waals surface area contributed by atoms with E-state index < -0.39 is 10.0 Å². The molecule has 1 N–H and O–H groups in total. The Labute approximate surface area is 127 Å². The number of hydrogen-bond acceptors (Lipinski definition) is 3. The molecule has 2 rings (SSSR count). The lowest BCUT2D eigenvalue weighted by atomic mass is 10.2. The zero-order valence-electron chi connectivity index (χ0n) is 10.1. The molecule has 0 aromatic heterocycles. The molecule has 0 saturated carbocycles. The van der Waals surface area contributed by atoms with Crippen LogP contribution < -0.4 is 4.83 Å². The van der Waals surface area contributed by atoms with Gasteiger partial charge in [-0.05, 0) is 18.2 Å². The summed E-state index contributed by atoms with van der Waals surface area (Å²) in [4.78, 5) is 2.24. The quantitative estimate of drug-likeness (QED) is 0.691. The lowest BCUT2D eigenvalue weighted by Gasteiger charge is -2.03. The van der Waals surface area contributed by atoms with Gasteiger partial charge in [-0.3, -0.25) is 0 Å². The number of halogens is 2. The minimum atomic E-state index is -3.68. The zero-order chi connectivity index (χ0) is 14.6. The molecule has 104 valence electrons. The Morgan fingerprint density at radius 3 is 2.40 bits per heavy atom. The molecule has 7 heteroatoms. The molecule has 2 aromatic carbocycles. The van der Waals surface area contributed by atoms with Gasteiger partial charge in [0.1, 0.15) is 0 Å². The standard InChI is InChI=1S/C13H10Cl2N2O2S/c14-12-8-4-5-10(13(12)15)9-16-17-20(18,19)11-6-2-1-3-7-11/h1-9,17H/b16-9+. The molecule has 0 atom stereocenters. The third-order valence-electron chi connectivity index (χ3n) is 2.41. The Morgan fingerprint density at radius 1 is 1.00 bits per heavy atom. The Hall–Kier alpha value is -1.56. The number of nitrogens with one attached hydrogen (secondary N) is 1. The first kappa shape index (κ1) is 14.8. The average molecular weight is 329 g/mol. The molecule has 2 aromatic rings. The van der Waals surface area contributed by atoms with E-state index in [9.17, 15) is 8.42 Å². The molecule has 0 aliphatic rings. The van der Waals surface area contributed by atoms with Crippen LogP contribution in [0.15, 0.2) is 58.5 Å². The number of sulfonamides is 1. The third kappa shape index (κ3) is 3.50. The van der Waals surface area contributed by atoms with Crippen LogP contribution in [0.5, 0.6) is 0 Å². The van der Waals surface area contributed by atoms with E-state index in [4.69, 9.17) is 23.2 Å². The van der Waals surface area contributed by atoms with Gasteiger partial charge in [0.05, 0.1) is 21.2 Å². The highest BCUT2D eigenvalue weighted by Crippen LogP contribution is 2.24. The van der Waals surface area contributed by atoms with Crippen LogP contribution in [-0.4, -0.2) is 14.6 Å². The van der Waals surface area contributed by atoms with E-state index >= 15 is 0 Å². The van der Waals surface area contributed by atoms with Crippen LogP contribution in [0.25, 0.3) is 0 Å². The summed E-state index contributed by atoms with van der Waals surface area (Å²) in [6.07, 6.45) is 1.30. The maximum atomic E-state index is 11.9. The zero-order valence-corrected chi connectivity index (χ0v) is 12.5. The first-order valence-electron chi connectivity index (χ1n) is 5.54. The fourth-order valence-electron chi connectivity index (χ4n) is 1.44. The van der Waals surface area contributed by atoms with E-state index in [1.807, 2.05) is 0 Å². The van der Waals surface area contributed by atoms with E-state index in [0.717, 1.165) is 0 Å². The SMILES string of the molecule is O=S(=O)(N/N=C/c1cccc(Cl)c1Cl)c1ccccc1. The number of hydrazone groups is 1. The largest absolute Gasteiger partial charge is 0.276 e. The molecule has 0 unspecified atom stereocenters. The van der Waals surface area contributed by atoms with Crippen LogP contribution in [0.4, 0.5) is 0 Å². The normalized spacial score (nSPS) is 11.7. The molecule has 0 aliphatic heterocycles. The molecule has 0 fully saturated rings. The molecule has 0 aliphatic carbocycles. The van der Waals surface area contributed by atoms with Crippen molar-refractivity contribution in [1.29, 1.82) is 0 Å². The van der Waals surface area contributed by atoms with Crippen molar-refractivity contribution in [3.63, 3.8) is 0 Å². The second-order valence-electron chi connectivity index (χ2n) is 3.81. The van der Waals surface area contributed by atoms with Crippen molar-refractivity contribution in [2.45, 2.75) is 4.90 Å². The molecule has 0 saturated heterocycles. The van der Waals surface area contributed by atoms with E-state index in [1.165, 1.54) is 18.3 Å². The van der Waals surface area contributed by atoms with Crippen molar-refractivity contribution < 1.29 is 8.42 Å². The van der Waals surface area contributed by atoms with Crippen molar-refractivity contribution in [2.24, 2.45) is 5.10 Å². The number of benzene rings is 2. The highest BCUT2D eigenvalue weighted by atomic mass is 35.5. The molecule has 4 nitrogen and oxygen atoms in total. The summed E-state index contributed by atoms with van der Waals surface area (Å²) in [7, 11) is -3.68. The summed E-state index contributed by atoms with van der Waals surface area (Å²) in [6, 6.07) is 13.0. The maximum Gasteiger partial charge on any atom is 0.276 e. The summed E-state index contributed by atoms with van der Waals surface area (Å²) in [6.45, 7) is 0. The summed E-state index contributed by atoms with van der Waals surface area (Å²) in [5.41, 5.74) is 0.523. The van der Waals surface area contributed by atoms with Gasteiger partial charge < -0.3 is 0 Å². The molecule has 0 radical (unpaired) electrons. The van der Waals surface area contributed by atoms with E-state index in [1.54, 1.807) is 36.4 Å². The van der Waals surface area contributed by atoms with E-state index in [0.29, 0.717) is 15.6 Å². The fraction of sp³-hybridized carbons (Fsp3) is 0. The second kappa shape index (κ2) is 6.26. The summed E-state index contributed by atoms with van der Waals surface area (Å²) >= 11 is 11.8. The van der Waals surface area contributed by atoms with Crippen LogP contribution in [0, 0.1) is 0 Å². The smallest absolute Gasteiger partial charge is 0.200 e. The number of nitrogens with zero attached hydrogens (tertiary/aromatic N) is 1. The van der Waals surface area contributed by atoms with Crippen LogP contribution in [-0.2, 0) is 10.0 Å².